The minimum absolute atomic E-state index is 0.228. The van der Waals surface area contributed by atoms with Gasteiger partial charge in [-0.05, 0) is 56.2 Å². The van der Waals surface area contributed by atoms with Gasteiger partial charge in [-0.15, -0.1) is 0 Å². The van der Waals surface area contributed by atoms with Gasteiger partial charge < -0.3 is 15.6 Å². The molecule has 3 atom stereocenters. The second kappa shape index (κ2) is 11.2. The van der Waals surface area contributed by atoms with Crippen molar-refractivity contribution in [2.75, 3.05) is 32.7 Å². The second-order valence-electron chi connectivity index (χ2n) is 9.11. The van der Waals surface area contributed by atoms with Crippen LogP contribution in [-0.4, -0.2) is 58.5 Å². The number of allylic oxidation sites excluding steroid dienone is 7. The average molecular weight is 454 g/mol. The highest BCUT2D eigenvalue weighted by Crippen LogP contribution is 2.39. The molecule has 1 fully saturated rings. The first-order valence-electron chi connectivity index (χ1n) is 11.9. The fourth-order valence-electron chi connectivity index (χ4n) is 5.33. The van der Waals surface area contributed by atoms with Gasteiger partial charge in [0.2, 0.25) is 0 Å². The van der Waals surface area contributed by atoms with E-state index in [2.05, 4.69) is 50.7 Å². The van der Waals surface area contributed by atoms with Crippen molar-refractivity contribution >= 4 is 11.6 Å². The molecule has 3 aliphatic rings. The third-order valence-corrected chi connectivity index (χ3v) is 7.34. The van der Waals surface area contributed by atoms with E-state index in [9.17, 15) is 0 Å². The highest BCUT2D eigenvalue weighted by atomic mass is 35.5. The summed E-state index contributed by atoms with van der Waals surface area (Å²) in [6, 6.07) is 0.228. The average Bonchev–Trinajstić information content (AvgIpc) is 3.28. The zero-order valence-electron chi connectivity index (χ0n) is 18.9. The first-order valence-corrected chi connectivity index (χ1v) is 12.3. The number of aryl methyl sites for hydroxylation is 1. The molecule has 0 radical (unpaired) electrons. The van der Waals surface area contributed by atoms with E-state index < -0.39 is 0 Å². The van der Waals surface area contributed by atoms with Crippen molar-refractivity contribution < 1.29 is 0 Å². The number of nitrogens with zero attached hydrogens (tertiary/aromatic N) is 3. The molecule has 5 nitrogen and oxygen atoms in total. The standard InChI is InChI=1S/C26H36ClN5/c1-2-3-6-20-8-9-21-17-22(27)10-11-24(21)26(25(20)28)32-15-13-31(14-16-32)12-5-4-7-23-18-29-19-30-23/h2-3,6,10-11,17-19,21,24,26H,1,4-5,7-9,12-16,28H2,(H,29,30)/b6-3-. The number of nitrogens with one attached hydrogen (secondary N) is 1. The Kier molecular flexibility index (Phi) is 8.06. The lowest BCUT2D eigenvalue weighted by Gasteiger charge is -2.43. The van der Waals surface area contributed by atoms with Crippen LogP contribution in [0, 0.1) is 11.8 Å². The van der Waals surface area contributed by atoms with Gasteiger partial charge >= 0.3 is 0 Å². The molecule has 0 aromatic carbocycles. The molecule has 32 heavy (non-hydrogen) atoms. The van der Waals surface area contributed by atoms with Crippen LogP contribution < -0.4 is 5.73 Å². The fraction of sp³-hybridized carbons (Fsp3) is 0.500. The van der Waals surface area contributed by atoms with Gasteiger partial charge in [-0.2, -0.15) is 0 Å². The van der Waals surface area contributed by atoms with Crippen LogP contribution in [0.1, 0.15) is 31.4 Å². The lowest BCUT2D eigenvalue weighted by Crippen LogP contribution is -2.54. The molecule has 3 unspecified atom stereocenters. The Labute approximate surface area is 197 Å². The number of rotatable bonds is 8. The maximum Gasteiger partial charge on any atom is 0.0923 e. The Hall–Kier alpha value is -2.08. The van der Waals surface area contributed by atoms with Crippen molar-refractivity contribution in [2.45, 2.75) is 38.1 Å². The summed E-state index contributed by atoms with van der Waals surface area (Å²) in [7, 11) is 0. The summed E-state index contributed by atoms with van der Waals surface area (Å²) >= 11 is 6.37. The number of nitrogens with two attached hydrogens (primary N) is 1. The number of fused-ring (bicyclic) bond motifs is 1. The maximum atomic E-state index is 6.86. The summed E-state index contributed by atoms with van der Waals surface area (Å²) in [5, 5.41) is 0.855. The zero-order chi connectivity index (χ0) is 22.3. The van der Waals surface area contributed by atoms with Gasteiger partial charge in [-0.3, -0.25) is 4.90 Å². The van der Waals surface area contributed by atoms with Gasteiger partial charge in [-0.1, -0.05) is 48.6 Å². The second-order valence-corrected chi connectivity index (χ2v) is 9.54. The molecule has 1 aromatic rings. The summed E-state index contributed by atoms with van der Waals surface area (Å²) in [6.07, 6.45) is 21.9. The van der Waals surface area contributed by atoms with Crippen molar-refractivity contribution in [3.05, 3.63) is 77.6 Å². The maximum absolute atomic E-state index is 6.86. The molecular formula is C26H36ClN5. The molecule has 0 spiro atoms. The Balaban J connectivity index is 1.38. The molecule has 1 saturated heterocycles. The van der Waals surface area contributed by atoms with Gasteiger partial charge in [0, 0.05) is 49.0 Å². The van der Waals surface area contributed by atoms with Gasteiger partial charge in [0.15, 0.2) is 0 Å². The van der Waals surface area contributed by atoms with Gasteiger partial charge in [-0.25, -0.2) is 4.98 Å². The van der Waals surface area contributed by atoms with E-state index in [1.165, 1.54) is 18.4 Å². The largest absolute Gasteiger partial charge is 0.401 e. The fourth-order valence-corrected chi connectivity index (χ4v) is 5.57. The quantitative estimate of drug-likeness (QED) is 0.452. The molecule has 0 bridgehead atoms. The van der Waals surface area contributed by atoms with E-state index in [4.69, 9.17) is 17.3 Å². The van der Waals surface area contributed by atoms with Gasteiger partial charge in [0.1, 0.15) is 0 Å². The summed E-state index contributed by atoms with van der Waals surface area (Å²) < 4.78 is 0. The van der Waals surface area contributed by atoms with E-state index in [0.717, 1.165) is 68.4 Å². The number of hydrogen-bond donors (Lipinski definition) is 2. The summed E-state index contributed by atoms with van der Waals surface area (Å²) in [6.45, 7) is 9.29. The monoisotopic (exact) mass is 453 g/mol. The van der Waals surface area contributed by atoms with Crippen molar-refractivity contribution in [1.82, 2.24) is 19.8 Å². The minimum Gasteiger partial charge on any atom is -0.401 e. The topological polar surface area (TPSA) is 61.2 Å². The Morgan fingerprint density at radius 2 is 2.09 bits per heavy atom. The Morgan fingerprint density at radius 1 is 1.25 bits per heavy atom. The molecule has 0 amide bonds. The molecule has 4 rings (SSSR count). The van der Waals surface area contributed by atoms with Crippen molar-refractivity contribution in [3.8, 4) is 0 Å². The number of piperazine rings is 1. The lowest BCUT2D eigenvalue weighted by atomic mass is 9.80. The minimum atomic E-state index is 0.228. The highest BCUT2D eigenvalue weighted by molar-refractivity contribution is 6.31. The van der Waals surface area contributed by atoms with E-state index >= 15 is 0 Å². The Bertz CT molecular complexity index is 874. The lowest BCUT2D eigenvalue weighted by molar-refractivity contribution is 0.0840. The van der Waals surface area contributed by atoms with Crippen LogP contribution in [-0.2, 0) is 6.42 Å². The third-order valence-electron chi connectivity index (χ3n) is 7.09. The number of halogens is 1. The van der Waals surface area contributed by atoms with Crippen LogP contribution >= 0.6 is 11.6 Å². The van der Waals surface area contributed by atoms with Crippen LogP contribution in [0.4, 0.5) is 0 Å². The van der Waals surface area contributed by atoms with Crippen LogP contribution in [0.15, 0.2) is 71.9 Å². The van der Waals surface area contributed by atoms with Crippen LogP contribution in [0.5, 0.6) is 0 Å². The first kappa shape index (κ1) is 23.1. The van der Waals surface area contributed by atoms with Crippen molar-refractivity contribution in [3.63, 3.8) is 0 Å². The predicted molar refractivity (Wildman–Crippen MR) is 133 cm³/mol. The number of unbranched alkanes of at least 4 members (excludes halogenated alkanes) is 1. The Morgan fingerprint density at radius 3 is 2.84 bits per heavy atom. The first-order chi connectivity index (χ1) is 15.7. The number of hydrogen-bond acceptors (Lipinski definition) is 4. The van der Waals surface area contributed by atoms with Crippen LogP contribution in [0.2, 0.25) is 0 Å². The molecule has 6 heteroatoms. The molecule has 3 N–H and O–H groups in total. The summed E-state index contributed by atoms with van der Waals surface area (Å²) in [4.78, 5) is 12.6. The molecular weight excluding hydrogens is 418 g/mol. The van der Waals surface area contributed by atoms with E-state index in [1.807, 2.05) is 18.3 Å². The third kappa shape index (κ3) is 5.64. The molecule has 1 aliphatic heterocycles. The number of aromatic nitrogens is 2. The molecule has 2 aliphatic carbocycles. The molecule has 2 heterocycles. The molecule has 172 valence electrons. The highest BCUT2D eigenvalue weighted by Gasteiger charge is 2.38. The number of aromatic amines is 1. The SMILES string of the molecule is C=C/C=C\C1=C(N)C(N2CCN(CCCCc3c[nH]cn3)CC2)C2C=CC(Cl)=CC2CC1. The smallest absolute Gasteiger partial charge is 0.0923 e. The van der Waals surface area contributed by atoms with E-state index in [0.29, 0.717) is 11.8 Å². The van der Waals surface area contributed by atoms with Gasteiger partial charge in [0.05, 0.1) is 18.1 Å². The van der Waals surface area contributed by atoms with E-state index in [1.54, 1.807) is 6.33 Å². The summed E-state index contributed by atoms with van der Waals surface area (Å²) in [5.74, 6) is 0.818. The van der Waals surface area contributed by atoms with Crippen molar-refractivity contribution in [1.29, 1.82) is 0 Å². The van der Waals surface area contributed by atoms with Crippen LogP contribution in [0.3, 0.4) is 0 Å². The molecule has 0 saturated carbocycles. The number of imidazole rings is 1. The van der Waals surface area contributed by atoms with Crippen LogP contribution in [0.25, 0.3) is 0 Å². The molecule has 1 aromatic heterocycles. The van der Waals surface area contributed by atoms with Gasteiger partial charge in [0.25, 0.3) is 0 Å². The summed E-state index contributed by atoms with van der Waals surface area (Å²) in [5.41, 5.74) is 10.3. The predicted octanol–water partition coefficient (Wildman–Crippen LogP) is 4.39. The van der Waals surface area contributed by atoms with E-state index in [-0.39, 0.29) is 6.04 Å². The zero-order valence-corrected chi connectivity index (χ0v) is 19.7. The normalized spacial score (nSPS) is 27.4. The number of H-pyrrole nitrogens is 1. The van der Waals surface area contributed by atoms with Crippen molar-refractivity contribution in [2.24, 2.45) is 17.6 Å².